The van der Waals surface area contributed by atoms with Crippen LogP contribution in [0.2, 0.25) is 0 Å². The molecule has 0 saturated carbocycles. The van der Waals surface area contributed by atoms with E-state index in [1.165, 1.54) is 0 Å². The molecule has 0 amide bonds. The van der Waals surface area contributed by atoms with Crippen molar-refractivity contribution in [2.75, 3.05) is 6.26 Å². The summed E-state index contributed by atoms with van der Waals surface area (Å²) in [5.74, 6) is -9.26. The maximum Gasteiger partial charge on any atom is 0.387 e. The van der Waals surface area contributed by atoms with E-state index in [0.717, 1.165) is 12.1 Å². The van der Waals surface area contributed by atoms with Crippen molar-refractivity contribution in [3.63, 3.8) is 0 Å². The number of halogens is 7. The van der Waals surface area contributed by atoms with Gasteiger partial charge in [-0.3, -0.25) is 4.57 Å². The largest absolute Gasteiger partial charge is 0.435 e. The van der Waals surface area contributed by atoms with E-state index in [2.05, 4.69) is 9.89 Å². The van der Waals surface area contributed by atoms with Crippen LogP contribution in [0, 0.1) is 17.5 Å². The summed E-state index contributed by atoms with van der Waals surface area (Å²) in [6.45, 7) is -4.13. The molecule has 38 heavy (non-hydrogen) atoms. The molecule has 0 fully saturated rings. The lowest BCUT2D eigenvalue weighted by atomic mass is 9.99. The Balaban J connectivity index is 1.73. The molecule has 0 aliphatic carbocycles. The number of nitrogens with zero attached hydrogens (tertiary/aromatic N) is 3. The molecule has 2 aromatic carbocycles. The molecule has 0 unspecified atom stereocenters. The standard InChI is InChI=1S/C21H13F7N4O5S/c1-38(34,35)30-14-6-31-15(21(14,27)28)7-32(20(31)33)18-17-10(16-11(23)2-8(22)3-12(16)24)4-9(36-19(25)26)5-13(17)37-29-18/h2-5,7,14,19,30H,6H2,1H3/t14-/m1/s1. The van der Waals surface area contributed by atoms with Crippen LogP contribution in [0.3, 0.4) is 0 Å². The Morgan fingerprint density at radius 2 is 1.82 bits per heavy atom. The highest BCUT2D eigenvalue weighted by molar-refractivity contribution is 7.88. The molecular weight excluding hydrogens is 553 g/mol. The molecule has 0 spiro atoms. The van der Waals surface area contributed by atoms with Gasteiger partial charge in [0.2, 0.25) is 10.0 Å². The lowest BCUT2D eigenvalue weighted by Crippen LogP contribution is -2.44. The van der Waals surface area contributed by atoms with Gasteiger partial charge in [-0.05, 0) is 6.07 Å². The van der Waals surface area contributed by atoms with Crippen LogP contribution in [-0.2, 0) is 22.5 Å². The highest BCUT2D eigenvalue weighted by atomic mass is 32.2. The predicted molar refractivity (Wildman–Crippen MR) is 115 cm³/mol. The first kappa shape index (κ1) is 25.8. The van der Waals surface area contributed by atoms with Crippen LogP contribution in [0.4, 0.5) is 30.7 Å². The van der Waals surface area contributed by atoms with E-state index in [1.54, 1.807) is 4.72 Å². The van der Waals surface area contributed by atoms with Crippen LogP contribution < -0.4 is 15.1 Å². The molecule has 0 bridgehead atoms. The van der Waals surface area contributed by atoms with Crippen LogP contribution in [0.5, 0.6) is 5.75 Å². The fourth-order valence-corrected chi connectivity index (χ4v) is 5.02. The number of hydrogen-bond acceptors (Lipinski definition) is 6. The molecule has 4 aromatic rings. The van der Waals surface area contributed by atoms with E-state index in [9.17, 15) is 43.9 Å². The minimum absolute atomic E-state index is 0.312. The van der Waals surface area contributed by atoms with Crippen molar-refractivity contribution < 1.29 is 48.4 Å². The van der Waals surface area contributed by atoms with Gasteiger partial charge in [-0.25, -0.2) is 35.7 Å². The van der Waals surface area contributed by atoms with Crippen molar-refractivity contribution in [3.8, 4) is 22.7 Å². The van der Waals surface area contributed by atoms with Gasteiger partial charge in [0.05, 0.1) is 23.8 Å². The lowest BCUT2D eigenvalue weighted by molar-refractivity contribution is -0.0497. The number of nitrogens with one attached hydrogen (secondary N) is 1. The minimum Gasteiger partial charge on any atom is -0.435 e. The van der Waals surface area contributed by atoms with E-state index < -0.39 is 92.3 Å². The Morgan fingerprint density at radius 3 is 2.39 bits per heavy atom. The molecule has 2 aromatic heterocycles. The number of aromatic nitrogens is 3. The van der Waals surface area contributed by atoms with Gasteiger partial charge in [-0.2, -0.15) is 17.6 Å². The highest BCUT2D eigenvalue weighted by Gasteiger charge is 2.52. The number of benzene rings is 2. The van der Waals surface area contributed by atoms with Gasteiger partial charge in [0.25, 0.3) is 0 Å². The molecule has 202 valence electrons. The quantitative estimate of drug-likeness (QED) is 0.358. The topological polar surface area (TPSA) is 108 Å². The van der Waals surface area contributed by atoms with Gasteiger partial charge in [0.15, 0.2) is 11.4 Å². The number of ether oxygens (including phenoxy) is 1. The summed E-state index contributed by atoms with van der Waals surface area (Å²) in [7, 11) is -4.07. The van der Waals surface area contributed by atoms with E-state index in [1.807, 2.05) is 0 Å². The first-order valence-corrected chi connectivity index (χ1v) is 12.3. The zero-order valence-electron chi connectivity index (χ0n) is 18.7. The molecule has 5 rings (SSSR count). The van der Waals surface area contributed by atoms with Crippen molar-refractivity contribution >= 4 is 21.0 Å². The zero-order chi connectivity index (χ0) is 27.7. The molecule has 17 heteroatoms. The Morgan fingerprint density at radius 1 is 1.16 bits per heavy atom. The summed E-state index contributed by atoms with van der Waals surface area (Å²) in [4.78, 5) is 13.1. The normalized spacial score (nSPS) is 16.9. The lowest BCUT2D eigenvalue weighted by Gasteiger charge is -2.18. The number of imidazole rings is 1. The Kier molecular flexibility index (Phi) is 5.82. The second-order valence-corrected chi connectivity index (χ2v) is 10.1. The van der Waals surface area contributed by atoms with Crippen molar-refractivity contribution in [3.05, 3.63) is 64.1 Å². The molecule has 1 N–H and O–H groups in total. The third kappa shape index (κ3) is 4.20. The van der Waals surface area contributed by atoms with E-state index in [0.29, 0.717) is 33.7 Å². The first-order valence-electron chi connectivity index (χ1n) is 10.4. The fraction of sp³-hybridized carbons (Fsp3) is 0.238. The molecule has 3 heterocycles. The van der Waals surface area contributed by atoms with E-state index in [-0.39, 0.29) is 5.39 Å². The summed E-state index contributed by atoms with van der Waals surface area (Å²) in [6.07, 6.45) is 1.30. The summed E-state index contributed by atoms with van der Waals surface area (Å²) in [5.41, 5.74) is -3.98. The SMILES string of the molecule is CS(=O)(=O)N[C@@H]1Cn2c(cn(-c3noc4cc(OC(F)F)cc(-c5c(F)cc(F)cc5F)c34)c2=O)C1(F)F. The second-order valence-electron chi connectivity index (χ2n) is 8.32. The van der Waals surface area contributed by atoms with Gasteiger partial charge in [0, 0.05) is 30.0 Å². The maximum atomic E-state index is 15.0. The van der Waals surface area contributed by atoms with Crippen molar-refractivity contribution in [2.45, 2.75) is 25.1 Å². The van der Waals surface area contributed by atoms with Crippen LogP contribution in [0.15, 0.2) is 39.8 Å². The number of hydrogen-bond donors (Lipinski definition) is 1. The average Bonchev–Trinajstić information content (AvgIpc) is 3.39. The Labute approximate surface area is 207 Å². The zero-order valence-corrected chi connectivity index (χ0v) is 19.5. The molecular formula is C21H13F7N4O5S. The monoisotopic (exact) mass is 566 g/mol. The molecule has 0 saturated heterocycles. The minimum atomic E-state index is -4.07. The molecule has 1 aliphatic heterocycles. The molecule has 9 nitrogen and oxygen atoms in total. The van der Waals surface area contributed by atoms with Crippen LogP contribution in [-0.4, -0.2) is 41.6 Å². The summed E-state index contributed by atoms with van der Waals surface area (Å²) in [5, 5.41) is 3.23. The molecule has 0 radical (unpaired) electrons. The van der Waals surface area contributed by atoms with Crippen LogP contribution in [0.1, 0.15) is 5.69 Å². The third-order valence-electron chi connectivity index (χ3n) is 5.74. The maximum absolute atomic E-state index is 15.0. The number of alkyl halides is 4. The summed E-state index contributed by atoms with van der Waals surface area (Å²) >= 11 is 0. The summed E-state index contributed by atoms with van der Waals surface area (Å²) < 4.78 is 134. The number of sulfonamides is 1. The van der Waals surface area contributed by atoms with E-state index >= 15 is 0 Å². The van der Waals surface area contributed by atoms with Crippen molar-refractivity contribution in [1.29, 1.82) is 0 Å². The van der Waals surface area contributed by atoms with Gasteiger partial charge < -0.3 is 9.26 Å². The Hall–Kier alpha value is -3.86. The van der Waals surface area contributed by atoms with E-state index in [4.69, 9.17) is 4.52 Å². The van der Waals surface area contributed by atoms with Crippen molar-refractivity contribution in [2.24, 2.45) is 0 Å². The smallest absolute Gasteiger partial charge is 0.387 e. The van der Waals surface area contributed by atoms with Gasteiger partial charge in [-0.1, -0.05) is 5.16 Å². The van der Waals surface area contributed by atoms with Gasteiger partial charge >= 0.3 is 18.2 Å². The average molecular weight is 566 g/mol. The second kappa shape index (κ2) is 8.59. The van der Waals surface area contributed by atoms with Gasteiger partial charge in [-0.15, -0.1) is 0 Å². The molecule has 1 aliphatic rings. The Bertz CT molecular complexity index is 1740. The number of fused-ring (bicyclic) bond motifs is 2. The van der Waals surface area contributed by atoms with Gasteiger partial charge in [0.1, 0.15) is 34.9 Å². The van der Waals surface area contributed by atoms with Crippen LogP contribution in [0.25, 0.3) is 27.9 Å². The predicted octanol–water partition coefficient (Wildman–Crippen LogP) is 3.49. The number of rotatable bonds is 6. The highest BCUT2D eigenvalue weighted by Crippen LogP contribution is 2.41. The fourth-order valence-electron chi connectivity index (χ4n) is 4.28. The van der Waals surface area contributed by atoms with Crippen molar-refractivity contribution in [1.82, 2.24) is 19.0 Å². The van der Waals surface area contributed by atoms with Crippen LogP contribution >= 0.6 is 0 Å². The summed E-state index contributed by atoms with van der Waals surface area (Å²) in [6, 6.07) is 0.260. The third-order valence-corrected chi connectivity index (χ3v) is 6.45. The molecule has 1 atom stereocenters. The first-order chi connectivity index (χ1) is 17.7.